The van der Waals surface area contributed by atoms with Gasteiger partial charge >= 0.3 is 0 Å². The van der Waals surface area contributed by atoms with E-state index >= 15 is 0 Å². The number of rotatable bonds is 8. The molecule has 0 fully saturated rings. The molecule has 0 aromatic heterocycles. The zero-order chi connectivity index (χ0) is 19.4. The van der Waals surface area contributed by atoms with Gasteiger partial charge in [-0.3, -0.25) is 4.18 Å². The van der Waals surface area contributed by atoms with Gasteiger partial charge < -0.3 is 14.6 Å². The van der Waals surface area contributed by atoms with E-state index in [4.69, 9.17) is 13.7 Å². The van der Waals surface area contributed by atoms with Crippen molar-refractivity contribution >= 4 is 10.1 Å². The Bertz CT molecular complexity index is 903. The highest BCUT2D eigenvalue weighted by Gasteiger charge is 2.24. The molecular weight excluding hydrogens is 368 g/mol. The lowest BCUT2D eigenvalue weighted by atomic mass is 10.0. The molecule has 0 amide bonds. The first-order chi connectivity index (χ1) is 12.9. The number of phenols is 1. The highest BCUT2D eigenvalue weighted by Crippen LogP contribution is 2.43. The van der Waals surface area contributed by atoms with Crippen molar-refractivity contribution in [2.75, 3.05) is 19.8 Å². The summed E-state index contributed by atoms with van der Waals surface area (Å²) < 4.78 is 40.7. The van der Waals surface area contributed by atoms with Gasteiger partial charge in [-0.1, -0.05) is 17.7 Å². The third kappa shape index (κ3) is 4.36. The second-order valence-electron chi connectivity index (χ2n) is 6.41. The lowest BCUT2D eigenvalue weighted by Gasteiger charge is -2.14. The predicted octanol–water partition coefficient (Wildman–Crippen LogP) is 3.37. The second-order valence-corrected chi connectivity index (χ2v) is 8.03. The number of phenolic OH excluding ortho intramolecular Hbond substituents is 1. The first-order valence-electron chi connectivity index (χ1n) is 9.01. The zero-order valence-corrected chi connectivity index (χ0v) is 16.3. The highest BCUT2D eigenvalue weighted by atomic mass is 32.2. The molecule has 2 aromatic rings. The molecule has 0 unspecified atom stereocenters. The van der Waals surface area contributed by atoms with Gasteiger partial charge in [0.25, 0.3) is 10.1 Å². The van der Waals surface area contributed by atoms with E-state index in [1.165, 1.54) is 12.1 Å². The van der Waals surface area contributed by atoms with Crippen LogP contribution in [0.1, 0.15) is 30.0 Å². The van der Waals surface area contributed by atoms with Crippen LogP contribution in [0, 0.1) is 6.92 Å². The summed E-state index contributed by atoms with van der Waals surface area (Å²) in [6, 6.07) is 8.29. The molecule has 3 rings (SSSR count). The summed E-state index contributed by atoms with van der Waals surface area (Å²) >= 11 is 0. The maximum atomic E-state index is 12.2. The Kier molecular flexibility index (Phi) is 5.92. The SMILES string of the molecule is CCOc1cc(CCCOS(=O)(=O)c2ccc(C)cc2)c(O)c2c1OCC2. The van der Waals surface area contributed by atoms with Gasteiger partial charge in [0.05, 0.1) is 24.7 Å². The van der Waals surface area contributed by atoms with E-state index in [1.807, 2.05) is 13.8 Å². The minimum absolute atomic E-state index is 0.0349. The van der Waals surface area contributed by atoms with Crippen molar-refractivity contribution in [3.63, 3.8) is 0 Å². The van der Waals surface area contributed by atoms with Crippen molar-refractivity contribution in [3.05, 3.63) is 47.0 Å². The molecule has 0 saturated carbocycles. The Balaban J connectivity index is 1.64. The van der Waals surface area contributed by atoms with Gasteiger partial charge in [-0.25, -0.2) is 0 Å². The summed E-state index contributed by atoms with van der Waals surface area (Å²) in [5.41, 5.74) is 2.44. The van der Waals surface area contributed by atoms with Crippen LogP contribution in [0.25, 0.3) is 0 Å². The van der Waals surface area contributed by atoms with Gasteiger partial charge in [-0.05, 0) is 50.5 Å². The standard InChI is InChI=1S/C20H24O6S/c1-3-24-18-13-15(19(21)17-10-12-25-20(17)18)5-4-11-26-27(22,23)16-8-6-14(2)7-9-16/h6-9,13,21H,3-5,10-12H2,1-2H3. The van der Waals surface area contributed by atoms with Crippen LogP contribution in [0.4, 0.5) is 0 Å². The Hall–Kier alpha value is -2.25. The lowest BCUT2D eigenvalue weighted by Crippen LogP contribution is -2.08. The lowest BCUT2D eigenvalue weighted by molar-refractivity contribution is 0.297. The fourth-order valence-corrected chi connectivity index (χ4v) is 3.99. The van der Waals surface area contributed by atoms with E-state index in [2.05, 4.69) is 0 Å². The molecule has 0 radical (unpaired) electrons. The molecule has 2 aromatic carbocycles. The van der Waals surface area contributed by atoms with E-state index in [0.29, 0.717) is 49.5 Å². The van der Waals surface area contributed by atoms with Crippen molar-refractivity contribution in [1.82, 2.24) is 0 Å². The molecule has 6 nitrogen and oxygen atoms in total. The Morgan fingerprint density at radius 3 is 2.67 bits per heavy atom. The quantitative estimate of drug-likeness (QED) is 0.548. The van der Waals surface area contributed by atoms with E-state index < -0.39 is 10.1 Å². The topological polar surface area (TPSA) is 82.1 Å². The summed E-state index contributed by atoms with van der Waals surface area (Å²) in [6.45, 7) is 4.83. The molecule has 1 heterocycles. The smallest absolute Gasteiger partial charge is 0.296 e. The monoisotopic (exact) mass is 392 g/mol. The van der Waals surface area contributed by atoms with Crippen LogP contribution in [0.3, 0.4) is 0 Å². The molecule has 0 aliphatic carbocycles. The number of fused-ring (bicyclic) bond motifs is 1. The molecule has 7 heteroatoms. The molecule has 1 aliphatic rings. The number of benzene rings is 2. The van der Waals surface area contributed by atoms with E-state index in [1.54, 1.807) is 18.2 Å². The fraction of sp³-hybridized carbons (Fsp3) is 0.400. The van der Waals surface area contributed by atoms with Crippen LogP contribution >= 0.6 is 0 Å². The van der Waals surface area contributed by atoms with Crippen molar-refractivity contribution < 1.29 is 27.2 Å². The maximum absolute atomic E-state index is 12.2. The average Bonchev–Trinajstić information content (AvgIpc) is 3.13. The van der Waals surface area contributed by atoms with E-state index in [9.17, 15) is 13.5 Å². The third-order valence-electron chi connectivity index (χ3n) is 4.43. The summed E-state index contributed by atoms with van der Waals surface area (Å²) in [6.07, 6.45) is 1.56. The van der Waals surface area contributed by atoms with Crippen LogP contribution in [0.15, 0.2) is 35.2 Å². The number of ether oxygens (including phenoxy) is 2. The first-order valence-corrected chi connectivity index (χ1v) is 10.4. The number of hydrogen-bond acceptors (Lipinski definition) is 6. The largest absolute Gasteiger partial charge is 0.507 e. The van der Waals surface area contributed by atoms with Crippen LogP contribution in [-0.4, -0.2) is 33.3 Å². The fourth-order valence-electron chi connectivity index (χ4n) is 3.05. The molecule has 0 saturated heterocycles. The van der Waals surface area contributed by atoms with Gasteiger partial charge in [0, 0.05) is 12.0 Å². The Morgan fingerprint density at radius 2 is 1.96 bits per heavy atom. The Morgan fingerprint density at radius 1 is 1.22 bits per heavy atom. The molecule has 0 bridgehead atoms. The van der Waals surface area contributed by atoms with Crippen LogP contribution in [0.2, 0.25) is 0 Å². The molecule has 0 atom stereocenters. The first kappa shape index (κ1) is 19.5. The van der Waals surface area contributed by atoms with Crippen LogP contribution in [0.5, 0.6) is 17.2 Å². The maximum Gasteiger partial charge on any atom is 0.296 e. The van der Waals surface area contributed by atoms with Crippen molar-refractivity contribution in [1.29, 1.82) is 0 Å². The van der Waals surface area contributed by atoms with Gasteiger partial charge in [-0.15, -0.1) is 0 Å². The normalized spacial score (nSPS) is 13.3. The minimum atomic E-state index is -3.78. The van der Waals surface area contributed by atoms with Crippen molar-refractivity contribution in [3.8, 4) is 17.2 Å². The molecule has 27 heavy (non-hydrogen) atoms. The Labute approximate surface area is 159 Å². The van der Waals surface area contributed by atoms with Crippen molar-refractivity contribution in [2.45, 2.75) is 38.0 Å². The summed E-state index contributed by atoms with van der Waals surface area (Å²) in [5, 5.41) is 10.5. The summed E-state index contributed by atoms with van der Waals surface area (Å²) in [7, 11) is -3.78. The average molecular weight is 392 g/mol. The number of aromatic hydroxyl groups is 1. The third-order valence-corrected chi connectivity index (χ3v) is 5.76. The van der Waals surface area contributed by atoms with Gasteiger partial charge in [0.1, 0.15) is 5.75 Å². The van der Waals surface area contributed by atoms with Gasteiger partial charge in [0.2, 0.25) is 0 Å². The summed E-state index contributed by atoms with van der Waals surface area (Å²) in [5.74, 6) is 1.43. The molecule has 146 valence electrons. The predicted molar refractivity (Wildman–Crippen MR) is 101 cm³/mol. The van der Waals surface area contributed by atoms with E-state index in [0.717, 1.165) is 11.1 Å². The van der Waals surface area contributed by atoms with Crippen LogP contribution in [-0.2, 0) is 27.1 Å². The minimum Gasteiger partial charge on any atom is -0.507 e. The highest BCUT2D eigenvalue weighted by molar-refractivity contribution is 7.86. The molecular formula is C20H24O6S. The number of aryl methyl sites for hydroxylation is 2. The van der Waals surface area contributed by atoms with Crippen molar-refractivity contribution in [2.24, 2.45) is 0 Å². The van der Waals surface area contributed by atoms with Gasteiger partial charge in [-0.2, -0.15) is 8.42 Å². The number of hydrogen-bond donors (Lipinski definition) is 1. The molecule has 1 N–H and O–H groups in total. The van der Waals surface area contributed by atoms with Crippen LogP contribution < -0.4 is 9.47 Å². The molecule has 1 aliphatic heterocycles. The van der Waals surface area contributed by atoms with E-state index in [-0.39, 0.29) is 17.3 Å². The van der Waals surface area contributed by atoms with Gasteiger partial charge in [0.15, 0.2) is 11.5 Å². The second kappa shape index (κ2) is 8.19. The summed E-state index contributed by atoms with van der Waals surface area (Å²) in [4.78, 5) is 0.143. The molecule has 0 spiro atoms. The zero-order valence-electron chi connectivity index (χ0n) is 15.5.